The summed E-state index contributed by atoms with van der Waals surface area (Å²) >= 11 is 0. The predicted molar refractivity (Wildman–Crippen MR) is 86.6 cm³/mol. The number of ether oxygens (including phenoxy) is 1. The first-order valence-corrected chi connectivity index (χ1v) is 7.77. The molecular formula is C17H19N3O4. The van der Waals surface area contributed by atoms with Gasteiger partial charge in [-0.25, -0.2) is 0 Å². The topological polar surface area (TPSA) is 84.7 Å². The van der Waals surface area contributed by atoms with Gasteiger partial charge in [0.15, 0.2) is 5.82 Å². The molecule has 2 aromatic rings. The van der Waals surface area contributed by atoms with Crippen molar-refractivity contribution in [1.82, 2.24) is 10.1 Å². The van der Waals surface area contributed by atoms with E-state index in [0.717, 1.165) is 24.2 Å². The fraction of sp³-hybridized carbons (Fsp3) is 0.353. The van der Waals surface area contributed by atoms with Gasteiger partial charge in [0.2, 0.25) is 0 Å². The van der Waals surface area contributed by atoms with Crippen molar-refractivity contribution in [2.75, 3.05) is 19.0 Å². The van der Waals surface area contributed by atoms with Crippen molar-refractivity contribution in [2.24, 2.45) is 0 Å². The van der Waals surface area contributed by atoms with E-state index in [-0.39, 0.29) is 11.9 Å². The van der Waals surface area contributed by atoms with Crippen molar-refractivity contribution in [1.29, 1.82) is 0 Å². The quantitative estimate of drug-likeness (QED) is 0.873. The molecule has 1 aromatic carbocycles. The average molecular weight is 329 g/mol. The van der Waals surface area contributed by atoms with E-state index in [0.29, 0.717) is 12.3 Å². The van der Waals surface area contributed by atoms with Crippen LogP contribution >= 0.6 is 0 Å². The Hall–Kier alpha value is -2.83. The number of aryl methyl sites for hydroxylation is 1. The summed E-state index contributed by atoms with van der Waals surface area (Å²) < 4.78 is 10.1. The van der Waals surface area contributed by atoms with E-state index >= 15 is 0 Å². The molecule has 1 aliphatic heterocycles. The average Bonchev–Trinajstić information content (AvgIpc) is 3.23. The number of nitrogens with one attached hydrogen (secondary N) is 1. The summed E-state index contributed by atoms with van der Waals surface area (Å²) in [6, 6.07) is 9.01. The maximum atomic E-state index is 12.5. The van der Waals surface area contributed by atoms with Crippen LogP contribution in [0.3, 0.4) is 0 Å². The number of carbonyl (C=O) groups excluding carboxylic acids is 2. The molecule has 1 unspecified atom stereocenters. The molecular weight excluding hydrogens is 310 g/mol. The van der Waals surface area contributed by atoms with Crippen molar-refractivity contribution in [3.63, 3.8) is 0 Å². The number of benzene rings is 1. The Labute approximate surface area is 139 Å². The standard InChI is InChI=1S/C17H19N3O4/c1-11-9-15(19-24-11)18-16(21)17(22)20-8-4-7-14(20)12-5-3-6-13(10-12)23-2/h3,5-6,9-10,14H,4,7-8H2,1-2H3,(H,18,19,21). The maximum absolute atomic E-state index is 12.5. The third-order valence-corrected chi connectivity index (χ3v) is 4.06. The van der Waals surface area contributed by atoms with Crippen LogP contribution in [-0.4, -0.2) is 35.5 Å². The second-order valence-electron chi connectivity index (χ2n) is 5.71. The van der Waals surface area contributed by atoms with E-state index in [1.807, 2.05) is 24.3 Å². The number of amides is 2. The Kier molecular flexibility index (Phi) is 4.50. The van der Waals surface area contributed by atoms with E-state index in [2.05, 4.69) is 10.5 Å². The van der Waals surface area contributed by atoms with E-state index in [9.17, 15) is 9.59 Å². The Balaban J connectivity index is 1.74. The highest BCUT2D eigenvalue weighted by molar-refractivity contribution is 6.39. The van der Waals surface area contributed by atoms with Gasteiger partial charge < -0.3 is 14.2 Å². The summed E-state index contributed by atoms with van der Waals surface area (Å²) in [5, 5.41) is 6.14. The zero-order valence-electron chi connectivity index (χ0n) is 13.6. The van der Waals surface area contributed by atoms with Gasteiger partial charge in [-0.2, -0.15) is 0 Å². The van der Waals surface area contributed by atoms with Gasteiger partial charge in [-0.3, -0.25) is 14.9 Å². The van der Waals surface area contributed by atoms with Gasteiger partial charge in [-0.05, 0) is 37.5 Å². The molecule has 1 aromatic heterocycles. The van der Waals surface area contributed by atoms with Gasteiger partial charge in [-0.15, -0.1) is 0 Å². The molecule has 0 radical (unpaired) electrons. The highest BCUT2D eigenvalue weighted by Crippen LogP contribution is 2.33. The number of anilines is 1. The van der Waals surface area contributed by atoms with Gasteiger partial charge in [0.05, 0.1) is 13.2 Å². The molecule has 1 saturated heterocycles. The van der Waals surface area contributed by atoms with Crippen LogP contribution in [0, 0.1) is 6.92 Å². The van der Waals surface area contributed by atoms with Gasteiger partial charge >= 0.3 is 11.8 Å². The molecule has 7 heteroatoms. The predicted octanol–water partition coefficient (Wildman–Crippen LogP) is 2.29. The monoisotopic (exact) mass is 329 g/mol. The Morgan fingerprint density at radius 3 is 2.92 bits per heavy atom. The number of methoxy groups -OCH3 is 1. The van der Waals surface area contributed by atoms with Crippen LogP contribution in [0.2, 0.25) is 0 Å². The number of rotatable bonds is 3. The first kappa shape index (κ1) is 16.0. The molecule has 3 rings (SSSR count). The lowest BCUT2D eigenvalue weighted by Gasteiger charge is -2.24. The van der Waals surface area contributed by atoms with Crippen LogP contribution in [0.25, 0.3) is 0 Å². The molecule has 24 heavy (non-hydrogen) atoms. The molecule has 1 fully saturated rings. The van der Waals surface area contributed by atoms with Crippen molar-refractivity contribution in [3.8, 4) is 5.75 Å². The number of nitrogens with zero attached hydrogens (tertiary/aromatic N) is 2. The summed E-state index contributed by atoms with van der Waals surface area (Å²) in [6.45, 7) is 2.26. The molecule has 2 amide bonds. The molecule has 1 aliphatic rings. The molecule has 0 bridgehead atoms. The molecule has 126 valence electrons. The lowest BCUT2D eigenvalue weighted by atomic mass is 10.0. The number of carbonyl (C=O) groups is 2. The Morgan fingerprint density at radius 2 is 2.21 bits per heavy atom. The van der Waals surface area contributed by atoms with Crippen LogP contribution in [0.15, 0.2) is 34.9 Å². The summed E-state index contributed by atoms with van der Waals surface area (Å²) in [5.41, 5.74) is 0.963. The maximum Gasteiger partial charge on any atom is 0.315 e. The second kappa shape index (κ2) is 6.74. The number of hydrogen-bond acceptors (Lipinski definition) is 5. The minimum Gasteiger partial charge on any atom is -0.497 e. The fourth-order valence-corrected chi connectivity index (χ4v) is 2.93. The SMILES string of the molecule is COc1cccc(C2CCCN2C(=O)C(=O)Nc2cc(C)on2)c1. The molecule has 0 spiro atoms. The van der Waals surface area contributed by atoms with Crippen LogP contribution in [0.5, 0.6) is 5.75 Å². The minimum absolute atomic E-state index is 0.127. The smallest absolute Gasteiger partial charge is 0.315 e. The largest absolute Gasteiger partial charge is 0.497 e. The normalized spacial score (nSPS) is 16.9. The van der Waals surface area contributed by atoms with E-state index in [1.165, 1.54) is 0 Å². The third kappa shape index (κ3) is 3.24. The van der Waals surface area contributed by atoms with E-state index in [4.69, 9.17) is 9.26 Å². The molecule has 0 aliphatic carbocycles. The van der Waals surface area contributed by atoms with Crippen LogP contribution < -0.4 is 10.1 Å². The molecule has 1 N–H and O–H groups in total. The minimum atomic E-state index is -0.710. The lowest BCUT2D eigenvalue weighted by Crippen LogP contribution is -2.39. The first-order valence-electron chi connectivity index (χ1n) is 7.77. The summed E-state index contributed by atoms with van der Waals surface area (Å²) in [7, 11) is 1.60. The Morgan fingerprint density at radius 1 is 1.38 bits per heavy atom. The zero-order valence-corrected chi connectivity index (χ0v) is 13.6. The lowest BCUT2D eigenvalue weighted by molar-refractivity contribution is -0.143. The van der Waals surface area contributed by atoms with Crippen molar-refractivity contribution in [3.05, 3.63) is 41.7 Å². The Bertz CT molecular complexity index is 756. The van der Waals surface area contributed by atoms with Crippen molar-refractivity contribution >= 4 is 17.6 Å². The summed E-state index contributed by atoms with van der Waals surface area (Å²) in [4.78, 5) is 26.3. The molecule has 0 saturated carbocycles. The van der Waals surface area contributed by atoms with Gasteiger partial charge in [0.25, 0.3) is 0 Å². The molecule has 2 heterocycles. The van der Waals surface area contributed by atoms with Gasteiger partial charge in [0.1, 0.15) is 11.5 Å². The highest BCUT2D eigenvalue weighted by atomic mass is 16.5. The fourth-order valence-electron chi connectivity index (χ4n) is 2.93. The number of likely N-dealkylation sites (tertiary alicyclic amines) is 1. The summed E-state index contributed by atoms with van der Waals surface area (Å²) in [6.07, 6.45) is 1.67. The first-order chi connectivity index (χ1) is 11.6. The highest BCUT2D eigenvalue weighted by Gasteiger charge is 2.33. The zero-order chi connectivity index (χ0) is 17.1. The van der Waals surface area contributed by atoms with Crippen LogP contribution in [0.1, 0.15) is 30.2 Å². The van der Waals surface area contributed by atoms with Crippen LogP contribution in [0.4, 0.5) is 5.82 Å². The second-order valence-corrected chi connectivity index (χ2v) is 5.71. The van der Waals surface area contributed by atoms with E-state index in [1.54, 1.807) is 25.0 Å². The van der Waals surface area contributed by atoms with E-state index < -0.39 is 11.8 Å². The number of aromatic nitrogens is 1. The number of hydrogen-bond donors (Lipinski definition) is 1. The molecule has 1 atom stereocenters. The molecule has 7 nitrogen and oxygen atoms in total. The van der Waals surface area contributed by atoms with Gasteiger partial charge in [0, 0.05) is 12.6 Å². The van der Waals surface area contributed by atoms with Crippen molar-refractivity contribution in [2.45, 2.75) is 25.8 Å². The summed E-state index contributed by atoms with van der Waals surface area (Å²) in [5.74, 6) is 0.254. The van der Waals surface area contributed by atoms with Crippen molar-refractivity contribution < 1.29 is 18.8 Å². The van der Waals surface area contributed by atoms with Crippen LogP contribution in [-0.2, 0) is 9.59 Å². The third-order valence-electron chi connectivity index (χ3n) is 4.06. The van der Waals surface area contributed by atoms with Gasteiger partial charge in [-0.1, -0.05) is 17.3 Å².